The van der Waals surface area contributed by atoms with Crippen molar-refractivity contribution in [3.63, 3.8) is 0 Å². The zero-order valence-corrected chi connectivity index (χ0v) is 10.6. The summed E-state index contributed by atoms with van der Waals surface area (Å²) < 4.78 is 0. The highest BCUT2D eigenvalue weighted by molar-refractivity contribution is 5.59. The minimum absolute atomic E-state index is 0.663. The summed E-state index contributed by atoms with van der Waals surface area (Å²) in [5, 5.41) is 0. The van der Waals surface area contributed by atoms with Crippen LogP contribution < -0.4 is 16.2 Å². The fraction of sp³-hybridized carbons (Fsp3) is 0.667. The number of nitrogens with one attached hydrogen (secondary N) is 1. The number of hydrogen-bond donors (Lipinski definition) is 2. The standard InChI is InChI=1S/C12H21N5/c1-3-5-10-11(16-13)14-8-15-12(10)17(4-2)9-6-7-9/h8-9H,3-7,13H2,1-2H3,(H,14,15,16). The fourth-order valence-corrected chi connectivity index (χ4v) is 2.22. The van der Waals surface area contributed by atoms with E-state index in [9.17, 15) is 0 Å². The number of aromatic nitrogens is 2. The maximum atomic E-state index is 5.52. The average molecular weight is 235 g/mol. The molecular weight excluding hydrogens is 214 g/mol. The first kappa shape index (κ1) is 12.1. The summed E-state index contributed by atoms with van der Waals surface area (Å²) in [5.41, 5.74) is 3.83. The number of nitrogen functional groups attached to an aromatic ring is 1. The van der Waals surface area contributed by atoms with Crippen molar-refractivity contribution in [1.82, 2.24) is 9.97 Å². The minimum Gasteiger partial charge on any atom is -0.354 e. The highest BCUT2D eigenvalue weighted by Gasteiger charge is 2.30. The van der Waals surface area contributed by atoms with Gasteiger partial charge in [0.2, 0.25) is 0 Å². The molecule has 3 N–H and O–H groups in total. The summed E-state index contributed by atoms with van der Waals surface area (Å²) in [6.45, 7) is 5.32. The van der Waals surface area contributed by atoms with Gasteiger partial charge in [-0.1, -0.05) is 13.3 Å². The van der Waals surface area contributed by atoms with E-state index < -0.39 is 0 Å². The minimum atomic E-state index is 0.663. The van der Waals surface area contributed by atoms with Crippen LogP contribution in [0.4, 0.5) is 11.6 Å². The second-order valence-electron chi connectivity index (χ2n) is 4.44. The van der Waals surface area contributed by atoms with Gasteiger partial charge in [0, 0.05) is 18.2 Å². The Labute approximate surface area is 102 Å². The molecule has 0 atom stereocenters. The quantitative estimate of drug-likeness (QED) is 0.580. The summed E-state index contributed by atoms with van der Waals surface area (Å²) in [6, 6.07) is 0.663. The van der Waals surface area contributed by atoms with E-state index in [0.717, 1.165) is 36.6 Å². The lowest BCUT2D eigenvalue weighted by molar-refractivity contribution is 0.784. The molecule has 5 nitrogen and oxygen atoms in total. The van der Waals surface area contributed by atoms with E-state index in [0.29, 0.717) is 6.04 Å². The molecule has 0 bridgehead atoms. The van der Waals surface area contributed by atoms with E-state index in [4.69, 9.17) is 5.84 Å². The molecule has 5 heteroatoms. The van der Waals surface area contributed by atoms with Gasteiger partial charge in [-0.2, -0.15) is 0 Å². The van der Waals surface area contributed by atoms with Crippen LogP contribution in [-0.2, 0) is 6.42 Å². The summed E-state index contributed by atoms with van der Waals surface area (Å²) in [5.74, 6) is 7.34. The van der Waals surface area contributed by atoms with Gasteiger partial charge in [-0.05, 0) is 26.2 Å². The van der Waals surface area contributed by atoms with Crippen LogP contribution in [-0.4, -0.2) is 22.6 Å². The molecule has 94 valence electrons. The molecule has 0 radical (unpaired) electrons. The highest BCUT2D eigenvalue weighted by atomic mass is 15.3. The molecule has 1 aromatic heterocycles. The molecule has 0 saturated heterocycles. The number of hydrogen-bond acceptors (Lipinski definition) is 5. The van der Waals surface area contributed by atoms with Gasteiger partial charge in [-0.15, -0.1) is 0 Å². The second kappa shape index (κ2) is 5.31. The summed E-state index contributed by atoms with van der Waals surface area (Å²) in [4.78, 5) is 11.0. The molecular formula is C12H21N5. The maximum absolute atomic E-state index is 5.52. The van der Waals surface area contributed by atoms with Crippen LogP contribution in [0.25, 0.3) is 0 Å². The second-order valence-corrected chi connectivity index (χ2v) is 4.44. The van der Waals surface area contributed by atoms with Crippen LogP contribution in [0, 0.1) is 0 Å². The van der Waals surface area contributed by atoms with E-state index in [-0.39, 0.29) is 0 Å². The molecule has 1 aliphatic carbocycles. The van der Waals surface area contributed by atoms with Crippen LogP contribution >= 0.6 is 0 Å². The lowest BCUT2D eigenvalue weighted by Crippen LogP contribution is -2.28. The van der Waals surface area contributed by atoms with Gasteiger partial charge in [-0.3, -0.25) is 0 Å². The molecule has 1 aliphatic rings. The Kier molecular flexibility index (Phi) is 3.78. The Morgan fingerprint density at radius 2 is 2.18 bits per heavy atom. The molecule has 0 aliphatic heterocycles. The van der Waals surface area contributed by atoms with Gasteiger partial charge >= 0.3 is 0 Å². The van der Waals surface area contributed by atoms with E-state index in [1.807, 2.05) is 0 Å². The fourth-order valence-electron chi connectivity index (χ4n) is 2.22. The van der Waals surface area contributed by atoms with Crippen molar-refractivity contribution in [3.8, 4) is 0 Å². The van der Waals surface area contributed by atoms with Crippen molar-refractivity contribution < 1.29 is 0 Å². The zero-order chi connectivity index (χ0) is 12.3. The summed E-state index contributed by atoms with van der Waals surface area (Å²) in [7, 11) is 0. The number of rotatable bonds is 6. The van der Waals surface area contributed by atoms with Gasteiger partial charge in [0.25, 0.3) is 0 Å². The Hall–Kier alpha value is -1.36. The Morgan fingerprint density at radius 1 is 1.41 bits per heavy atom. The molecule has 0 amide bonds. The Balaban J connectivity index is 2.35. The number of hydrazine groups is 1. The first-order chi connectivity index (χ1) is 8.31. The predicted octanol–water partition coefficient (Wildman–Crippen LogP) is 1.70. The zero-order valence-electron chi connectivity index (χ0n) is 10.6. The van der Waals surface area contributed by atoms with Gasteiger partial charge in [0.1, 0.15) is 18.0 Å². The van der Waals surface area contributed by atoms with E-state index in [1.165, 1.54) is 12.8 Å². The van der Waals surface area contributed by atoms with Crippen molar-refractivity contribution in [3.05, 3.63) is 11.9 Å². The molecule has 1 fully saturated rings. The first-order valence-electron chi connectivity index (χ1n) is 6.38. The van der Waals surface area contributed by atoms with E-state index in [1.54, 1.807) is 6.33 Å². The summed E-state index contributed by atoms with van der Waals surface area (Å²) >= 11 is 0. The van der Waals surface area contributed by atoms with Crippen LogP contribution in [0.5, 0.6) is 0 Å². The van der Waals surface area contributed by atoms with Gasteiger partial charge in [-0.25, -0.2) is 15.8 Å². The van der Waals surface area contributed by atoms with Crippen molar-refractivity contribution in [1.29, 1.82) is 0 Å². The molecule has 1 heterocycles. The number of anilines is 2. The smallest absolute Gasteiger partial charge is 0.148 e. The lowest BCUT2D eigenvalue weighted by atomic mass is 10.1. The van der Waals surface area contributed by atoms with Crippen LogP contribution in [0.3, 0.4) is 0 Å². The Morgan fingerprint density at radius 3 is 2.71 bits per heavy atom. The molecule has 0 spiro atoms. The normalized spacial score (nSPS) is 14.8. The molecule has 17 heavy (non-hydrogen) atoms. The van der Waals surface area contributed by atoms with Gasteiger partial charge in [0.05, 0.1) is 0 Å². The first-order valence-corrected chi connectivity index (χ1v) is 6.38. The molecule has 0 aromatic carbocycles. The van der Waals surface area contributed by atoms with Crippen molar-refractivity contribution in [2.24, 2.45) is 5.84 Å². The van der Waals surface area contributed by atoms with Crippen molar-refractivity contribution >= 4 is 11.6 Å². The third-order valence-electron chi connectivity index (χ3n) is 3.16. The lowest BCUT2D eigenvalue weighted by Gasteiger charge is -2.24. The van der Waals surface area contributed by atoms with Crippen LogP contribution in [0.1, 0.15) is 38.7 Å². The summed E-state index contributed by atoms with van der Waals surface area (Å²) in [6.07, 6.45) is 6.16. The van der Waals surface area contributed by atoms with Gasteiger partial charge < -0.3 is 10.3 Å². The average Bonchev–Trinajstić information content (AvgIpc) is 3.16. The molecule has 1 saturated carbocycles. The number of nitrogens with two attached hydrogens (primary N) is 1. The number of nitrogens with zero attached hydrogens (tertiary/aromatic N) is 3. The largest absolute Gasteiger partial charge is 0.354 e. The maximum Gasteiger partial charge on any atom is 0.148 e. The monoisotopic (exact) mass is 235 g/mol. The third-order valence-corrected chi connectivity index (χ3v) is 3.16. The molecule has 2 rings (SSSR count). The highest BCUT2D eigenvalue weighted by Crippen LogP contribution is 2.34. The molecule has 0 unspecified atom stereocenters. The molecule has 1 aromatic rings. The SMILES string of the molecule is CCCc1c(NN)ncnc1N(CC)C1CC1. The van der Waals surface area contributed by atoms with E-state index >= 15 is 0 Å². The van der Waals surface area contributed by atoms with Crippen LogP contribution in [0.2, 0.25) is 0 Å². The Bertz CT molecular complexity index is 375. The van der Waals surface area contributed by atoms with Crippen molar-refractivity contribution in [2.45, 2.75) is 45.6 Å². The predicted molar refractivity (Wildman–Crippen MR) is 69.9 cm³/mol. The van der Waals surface area contributed by atoms with Crippen LogP contribution in [0.15, 0.2) is 6.33 Å². The van der Waals surface area contributed by atoms with Crippen molar-refractivity contribution in [2.75, 3.05) is 16.9 Å². The van der Waals surface area contributed by atoms with E-state index in [2.05, 4.69) is 34.1 Å². The topological polar surface area (TPSA) is 67.1 Å². The van der Waals surface area contributed by atoms with Gasteiger partial charge in [0.15, 0.2) is 0 Å². The third kappa shape index (κ3) is 2.49.